The average molecular weight is 1870 g/mol. The molecule has 4 heterocycles. The zero-order valence-corrected chi connectivity index (χ0v) is 78.7. The summed E-state index contributed by atoms with van der Waals surface area (Å²) in [6, 6.07) is 73.3. The van der Waals surface area contributed by atoms with Gasteiger partial charge in [-0.15, -0.1) is 12.4 Å². The molecule has 0 aromatic heterocycles. The molecule has 0 aliphatic carbocycles. The quantitative estimate of drug-likeness (QED) is 0.0845. The van der Waals surface area contributed by atoms with E-state index in [0.717, 1.165) is 68.2 Å². The summed E-state index contributed by atoms with van der Waals surface area (Å²) in [7, 11) is 12.7. The van der Waals surface area contributed by atoms with Gasteiger partial charge in [0.05, 0.1) is 0 Å². The Kier molecular flexibility index (Phi) is 31.0. The van der Waals surface area contributed by atoms with Crippen LogP contribution >= 0.6 is 44.1 Å². The molecule has 1 N–H and O–H groups in total. The van der Waals surface area contributed by atoms with Crippen molar-refractivity contribution >= 4 is 108 Å². The van der Waals surface area contributed by atoms with Gasteiger partial charge in [-0.3, -0.25) is 0 Å². The molecule has 0 bridgehead atoms. The minimum atomic E-state index is -1.42. The zero-order chi connectivity index (χ0) is 78.8. The number of benzene rings is 12. The average Bonchev–Trinajstić information content (AvgIpc) is 0.967. The van der Waals surface area contributed by atoms with E-state index in [1.54, 1.807) is 0 Å². The van der Waals surface area contributed by atoms with E-state index in [9.17, 15) is 0 Å². The largest absolute Gasteiger partial charge is 0 e. The minimum absolute atomic E-state index is 0. The number of fused-ring (bicyclic) bond motifs is 4. The van der Waals surface area contributed by atoms with Crippen molar-refractivity contribution in [2.24, 2.45) is 0 Å². The fourth-order valence-electron chi connectivity index (χ4n) is 15.9. The van der Waals surface area contributed by atoms with Gasteiger partial charge < -0.3 is 55.6 Å². The van der Waals surface area contributed by atoms with E-state index in [2.05, 4.69) is 339 Å². The fraction of sp³-hybridized carbons (Fsp3) is 0.234. The standard InChI is InChI=1S/2C46H44O4P2.C2H7N.5ClH.2Ru/c2*1-27-13-28(2)18-35(17-27)51(36-19-29(3)14-30(4)20-36)41-11-9-39-45(49-25-47-39)43(41)44-42(12-10-40-46(44)50-26-48-40)52(37-21-31(5)15-32(6)22-37)38-23-33(7)16-34(8)24-38;1-3-2;;;;;;;/h2*9-24H,25-26H2,1-8H3;3H,1-2H3;5*1H;;/q;;;;;;;;;+2/p-1. The molecule has 0 spiro atoms. The Hall–Kier alpha value is -6.58. The topological polar surface area (TPSA) is 85.9 Å². The first-order chi connectivity index (χ1) is 53.2. The molecule has 0 unspecified atom stereocenters. The van der Waals surface area contributed by atoms with Crippen LogP contribution in [0.1, 0.15) is 89.0 Å². The van der Waals surface area contributed by atoms with Crippen LogP contribution in [0, 0.1) is 140 Å². The Morgan fingerprint density at radius 2 is 0.368 bits per heavy atom. The molecule has 0 saturated heterocycles. The van der Waals surface area contributed by atoms with Gasteiger partial charge in [0.1, 0.15) is 0 Å². The van der Waals surface area contributed by atoms with Crippen molar-refractivity contribution < 1.29 is 112 Å². The Labute approximate surface area is 721 Å². The van der Waals surface area contributed by atoms with Crippen molar-refractivity contribution in [1.82, 2.24) is 5.32 Å². The summed E-state index contributed by atoms with van der Waals surface area (Å²) in [4.78, 5) is 0. The van der Waals surface area contributed by atoms with Crippen LogP contribution in [-0.4, -0.2) is 41.3 Å². The van der Waals surface area contributed by atoms with E-state index in [-0.39, 0.29) is 71.5 Å². The van der Waals surface area contributed by atoms with Crippen LogP contribution in [-0.2, 0) is 32.5 Å². The molecule has 0 radical (unpaired) electrons. The van der Waals surface area contributed by atoms with Gasteiger partial charge in [-0.2, -0.15) is 0 Å². The Bertz CT molecular complexity index is 4520. The molecule has 0 saturated carbocycles. The monoisotopic (exact) mass is 1870 g/mol. The van der Waals surface area contributed by atoms with Crippen LogP contribution < -0.4 is 119 Å². The van der Waals surface area contributed by atoms with E-state index < -0.39 is 44.7 Å². The van der Waals surface area contributed by atoms with E-state index in [4.69, 9.17) is 37.9 Å². The summed E-state index contributed by atoms with van der Waals surface area (Å²) in [5, 5.41) is 18.0. The third-order valence-corrected chi connectivity index (χ3v) is 28.9. The van der Waals surface area contributed by atoms with Crippen LogP contribution in [0.3, 0.4) is 0 Å². The number of hydrogen-bond acceptors (Lipinski definition) is 9. The Morgan fingerprint density at radius 3 is 0.491 bits per heavy atom. The molecule has 4 aliphatic rings. The number of nitrogens with one attached hydrogen (secondary N) is 1. The van der Waals surface area contributed by atoms with E-state index in [1.807, 2.05) is 14.1 Å². The maximum atomic E-state index is 6.52. The fourth-order valence-corrected chi connectivity index (χ4v) is 27.3. The molecule has 4 aliphatic heterocycles. The summed E-state index contributed by atoms with van der Waals surface area (Å²) in [5.41, 5.74) is 24.1. The molecule has 114 heavy (non-hydrogen) atoms. The van der Waals surface area contributed by atoms with Gasteiger partial charge in [-0.05, 0) is 269 Å². The summed E-state index contributed by atoms with van der Waals surface area (Å²) >= 11 is -1.42. The van der Waals surface area contributed by atoms with Gasteiger partial charge in [0, 0.05) is 41.7 Å². The normalized spacial score (nSPS) is 12.4. The smallest absolute Gasteiger partial charge is 0 e. The number of hydrogen-bond donors (Lipinski definition) is 1. The van der Waals surface area contributed by atoms with E-state index in [0.29, 0.717) is 0 Å². The number of ether oxygens (including phenoxy) is 8. The van der Waals surface area contributed by atoms with Gasteiger partial charge in [0.25, 0.3) is 0 Å². The molecule has 16 rings (SSSR count). The van der Waals surface area contributed by atoms with Crippen molar-refractivity contribution in [3.05, 3.63) is 283 Å². The number of rotatable bonds is 14. The molecule has 9 nitrogen and oxygen atoms in total. The summed E-state index contributed by atoms with van der Waals surface area (Å²) in [6.07, 6.45) is 0. The molecule has 20 heteroatoms. The first-order valence-corrected chi connectivity index (χ1v) is 49.7. The summed E-state index contributed by atoms with van der Waals surface area (Å²) in [6.45, 7) is 35.8. The Balaban J connectivity index is 0.000000218. The van der Waals surface area contributed by atoms with E-state index in [1.165, 1.54) is 153 Å². The maximum Gasteiger partial charge on any atom is 0 e. The van der Waals surface area contributed by atoms with Crippen molar-refractivity contribution in [2.45, 2.75) is 111 Å². The van der Waals surface area contributed by atoms with Crippen molar-refractivity contribution in [3.8, 4) is 68.2 Å². The van der Waals surface area contributed by atoms with Gasteiger partial charge in [-0.25, -0.2) is 0 Å². The summed E-state index contributed by atoms with van der Waals surface area (Å²) < 4.78 is 50.7. The minimum Gasteiger partial charge on any atom is 0 e. The second kappa shape index (κ2) is 39.3. The molecule has 0 amide bonds. The van der Waals surface area contributed by atoms with Crippen LogP contribution in [0.4, 0.5) is 0 Å². The van der Waals surface area contributed by atoms with Gasteiger partial charge in [0.2, 0.25) is 27.2 Å². The predicted molar refractivity (Wildman–Crippen MR) is 465 cm³/mol. The predicted octanol–water partition coefficient (Wildman–Crippen LogP) is 14.0. The molecule has 12 aromatic rings. The molecular weight excluding hydrogens is 1770 g/mol. The SMILES string of the molecule is CNC.Cc1cc(C)cc(P(c2cc(C)cc(C)c2)c2ccc3c(c2-c2c(P(c4cc(C)cc(C)c4)c4cc(C)cc(C)c4)ccc4c2OCO4)OCO3)c1.Cc1cc(C)cc(P(c2cc(C)cc(C)c2)c2ccc3c(c2-c2c(P(c4cc(C)cc(C)c4)c4cc(C)cc(C)c4)ccc4c2OCO4)OCO3)c1.Cl.[Cl-].[ClH+][Ru-]([ClH+])[ClH+].[Ru]. The van der Waals surface area contributed by atoms with Crippen molar-refractivity contribution in [1.29, 1.82) is 0 Å². The first-order valence-electron chi connectivity index (χ1n) is 37.1. The van der Waals surface area contributed by atoms with Crippen LogP contribution in [0.5, 0.6) is 46.0 Å². The second-order valence-electron chi connectivity index (χ2n) is 29.6. The molecule has 0 atom stereocenters. The van der Waals surface area contributed by atoms with Gasteiger partial charge in [-0.1, -0.05) is 235 Å². The Morgan fingerprint density at radius 1 is 0.246 bits per heavy atom. The second-order valence-corrected chi connectivity index (χ2v) is 47.5. The van der Waals surface area contributed by atoms with Crippen molar-refractivity contribution in [2.75, 3.05) is 41.3 Å². The molecule has 598 valence electrons. The van der Waals surface area contributed by atoms with Crippen LogP contribution in [0.25, 0.3) is 22.3 Å². The number of halogens is 5. The number of aryl methyl sites for hydroxylation is 16. The molecular formula is C94H99Cl5NO8P4Ru2+. The van der Waals surface area contributed by atoms with Crippen LogP contribution in [0.15, 0.2) is 194 Å². The van der Waals surface area contributed by atoms with Gasteiger partial charge >= 0.3 is 42.1 Å². The molecule has 12 aromatic carbocycles. The summed E-state index contributed by atoms with van der Waals surface area (Å²) in [5.74, 6) is 6.05. The van der Waals surface area contributed by atoms with Crippen molar-refractivity contribution in [3.63, 3.8) is 0 Å². The molecule has 0 fully saturated rings. The zero-order valence-electron chi connectivity index (χ0n) is 67.6. The van der Waals surface area contributed by atoms with Crippen LogP contribution in [0.2, 0.25) is 0 Å². The van der Waals surface area contributed by atoms with E-state index >= 15 is 0 Å². The third kappa shape index (κ3) is 20.4. The van der Waals surface area contributed by atoms with Gasteiger partial charge in [0.15, 0.2) is 46.0 Å². The third-order valence-electron chi connectivity index (χ3n) is 19.2. The first kappa shape index (κ1) is 89.8. The maximum absolute atomic E-state index is 6.52.